The monoisotopic (exact) mass is 419 g/mol. The van der Waals surface area contributed by atoms with E-state index >= 15 is 0 Å². The number of methoxy groups -OCH3 is 2. The van der Waals surface area contributed by atoms with Crippen molar-refractivity contribution in [3.63, 3.8) is 0 Å². The summed E-state index contributed by atoms with van der Waals surface area (Å²) < 4.78 is 20.7. The Morgan fingerprint density at radius 2 is 1.83 bits per heavy atom. The Kier molecular flexibility index (Phi) is 8.36. The van der Waals surface area contributed by atoms with Crippen molar-refractivity contribution in [2.45, 2.75) is 6.92 Å². The van der Waals surface area contributed by atoms with Gasteiger partial charge in [-0.2, -0.15) is 0 Å². The zero-order chi connectivity index (χ0) is 21.2. The van der Waals surface area contributed by atoms with Crippen molar-refractivity contribution < 1.29 is 28.5 Å². The Morgan fingerprint density at radius 3 is 2.45 bits per heavy atom. The summed E-state index contributed by atoms with van der Waals surface area (Å²) in [5.41, 5.74) is 1.19. The molecule has 154 valence electrons. The Hall–Kier alpha value is -3.19. The molecule has 0 heterocycles. The molecule has 0 saturated heterocycles. The number of hydrogen-bond acceptors (Lipinski definition) is 6. The Labute approximate surface area is 174 Å². The molecule has 29 heavy (non-hydrogen) atoms. The van der Waals surface area contributed by atoms with Crippen LogP contribution in [-0.2, 0) is 14.3 Å². The molecule has 0 aliphatic rings. The number of amides is 1. The van der Waals surface area contributed by atoms with E-state index < -0.39 is 18.5 Å². The number of esters is 1. The van der Waals surface area contributed by atoms with E-state index in [0.29, 0.717) is 40.1 Å². The fourth-order valence-corrected chi connectivity index (χ4v) is 2.61. The molecule has 2 aromatic rings. The number of nitrogens with one attached hydrogen (secondary N) is 1. The zero-order valence-corrected chi connectivity index (χ0v) is 17.1. The summed E-state index contributed by atoms with van der Waals surface area (Å²) in [5, 5.41) is 2.98. The van der Waals surface area contributed by atoms with Crippen LogP contribution in [0.25, 0.3) is 6.08 Å². The molecule has 0 bridgehead atoms. The van der Waals surface area contributed by atoms with Crippen LogP contribution in [0.2, 0.25) is 5.02 Å². The molecular formula is C21H22ClNO6. The fourth-order valence-electron chi connectivity index (χ4n) is 2.34. The number of rotatable bonds is 9. The normalized spacial score (nSPS) is 10.5. The summed E-state index contributed by atoms with van der Waals surface area (Å²) in [4.78, 5) is 23.8. The molecule has 0 unspecified atom stereocenters. The lowest BCUT2D eigenvalue weighted by atomic mass is 10.2. The van der Waals surface area contributed by atoms with Gasteiger partial charge in [-0.15, -0.1) is 0 Å². The molecule has 0 aliphatic carbocycles. The van der Waals surface area contributed by atoms with Crippen LogP contribution < -0.4 is 19.5 Å². The lowest BCUT2D eigenvalue weighted by Crippen LogP contribution is -2.20. The van der Waals surface area contributed by atoms with Crippen LogP contribution in [0.15, 0.2) is 42.5 Å². The number of carbonyl (C=O) groups is 2. The first-order chi connectivity index (χ1) is 14.0. The molecular weight excluding hydrogens is 398 g/mol. The molecule has 0 saturated carbocycles. The van der Waals surface area contributed by atoms with Crippen LogP contribution in [-0.4, -0.2) is 39.3 Å². The maximum absolute atomic E-state index is 11.9. The van der Waals surface area contributed by atoms with Crippen LogP contribution in [0.1, 0.15) is 12.5 Å². The predicted molar refractivity (Wildman–Crippen MR) is 111 cm³/mol. The molecule has 1 N–H and O–H groups in total. The van der Waals surface area contributed by atoms with Crippen molar-refractivity contribution in [2.75, 3.05) is 32.8 Å². The highest BCUT2D eigenvalue weighted by Crippen LogP contribution is 2.36. The molecule has 0 fully saturated rings. The first kappa shape index (κ1) is 22.1. The van der Waals surface area contributed by atoms with E-state index in [9.17, 15) is 9.59 Å². The van der Waals surface area contributed by atoms with Crippen molar-refractivity contribution in [3.05, 3.63) is 53.1 Å². The number of benzene rings is 2. The average molecular weight is 420 g/mol. The minimum atomic E-state index is -0.668. The molecule has 0 spiro atoms. The largest absolute Gasteiger partial charge is 0.497 e. The van der Waals surface area contributed by atoms with Crippen LogP contribution in [0.3, 0.4) is 0 Å². The SMILES string of the molecule is CCOc1c(Cl)cc(/C=C/C(=O)OCC(=O)Nc2ccc(OC)cc2)cc1OC. The number of halogens is 1. The third-order valence-electron chi connectivity index (χ3n) is 3.67. The van der Waals surface area contributed by atoms with Crippen molar-refractivity contribution in [1.29, 1.82) is 0 Å². The topological polar surface area (TPSA) is 83.1 Å². The lowest BCUT2D eigenvalue weighted by molar-refractivity contribution is -0.142. The smallest absolute Gasteiger partial charge is 0.331 e. The van der Waals surface area contributed by atoms with Gasteiger partial charge in [0.25, 0.3) is 5.91 Å². The highest BCUT2D eigenvalue weighted by Gasteiger charge is 2.11. The van der Waals surface area contributed by atoms with Crippen LogP contribution in [0.5, 0.6) is 17.2 Å². The minimum absolute atomic E-state index is 0.359. The Balaban J connectivity index is 1.90. The third-order valence-corrected chi connectivity index (χ3v) is 3.95. The standard InChI is InChI=1S/C21H22ClNO6/c1-4-28-21-17(22)11-14(12-18(21)27-3)5-10-20(25)29-13-19(24)23-15-6-8-16(26-2)9-7-15/h5-12H,4,13H2,1-3H3,(H,23,24)/b10-5+. The van der Waals surface area contributed by atoms with Gasteiger partial charge in [0.2, 0.25) is 0 Å². The van der Waals surface area contributed by atoms with E-state index in [-0.39, 0.29) is 0 Å². The molecule has 2 rings (SSSR count). The molecule has 0 atom stereocenters. The summed E-state index contributed by atoms with van der Waals surface area (Å²) in [6.45, 7) is 1.86. The van der Waals surface area contributed by atoms with Crippen molar-refractivity contribution in [2.24, 2.45) is 0 Å². The number of carbonyl (C=O) groups excluding carboxylic acids is 2. The maximum Gasteiger partial charge on any atom is 0.331 e. The van der Waals surface area contributed by atoms with Crippen molar-refractivity contribution in [1.82, 2.24) is 0 Å². The van der Waals surface area contributed by atoms with Gasteiger partial charge in [0.05, 0.1) is 25.8 Å². The summed E-state index contributed by atoms with van der Waals surface area (Å²) in [7, 11) is 3.05. The third kappa shape index (κ3) is 6.73. The van der Waals surface area contributed by atoms with Gasteiger partial charge in [0.15, 0.2) is 18.1 Å². The predicted octanol–water partition coefficient (Wildman–Crippen LogP) is 3.95. The van der Waals surface area contributed by atoms with Crippen LogP contribution in [0, 0.1) is 0 Å². The molecule has 0 aromatic heterocycles. The fraction of sp³-hybridized carbons (Fsp3) is 0.238. The van der Waals surface area contributed by atoms with E-state index in [1.54, 1.807) is 43.5 Å². The highest BCUT2D eigenvalue weighted by atomic mass is 35.5. The summed E-state index contributed by atoms with van der Waals surface area (Å²) in [6, 6.07) is 10.1. The van der Waals surface area contributed by atoms with E-state index in [1.807, 2.05) is 6.92 Å². The van der Waals surface area contributed by atoms with Gasteiger partial charge in [0, 0.05) is 11.8 Å². The second-order valence-electron chi connectivity index (χ2n) is 5.68. The average Bonchev–Trinajstić information content (AvgIpc) is 2.72. The van der Waals surface area contributed by atoms with Gasteiger partial charge < -0.3 is 24.3 Å². The number of anilines is 1. The first-order valence-electron chi connectivity index (χ1n) is 8.75. The Morgan fingerprint density at radius 1 is 1.10 bits per heavy atom. The van der Waals surface area contributed by atoms with Gasteiger partial charge in [-0.05, 0) is 55.0 Å². The second kappa shape index (κ2) is 11.0. The maximum atomic E-state index is 11.9. The van der Waals surface area contributed by atoms with Crippen molar-refractivity contribution >= 4 is 35.2 Å². The van der Waals surface area contributed by atoms with Gasteiger partial charge in [-0.1, -0.05) is 11.6 Å². The van der Waals surface area contributed by atoms with E-state index in [2.05, 4.69) is 5.32 Å². The summed E-state index contributed by atoms with van der Waals surface area (Å²) >= 11 is 6.19. The lowest BCUT2D eigenvalue weighted by Gasteiger charge is -2.11. The van der Waals surface area contributed by atoms with Crippen LogP contribution in [0.4, 0.5) is 5.69 Å². The van der Waals surface area contributed by atoms with Gasteiger partial charge in [-0.25, -0.2) is 4.79 Å². The quantitative estimate of drug-likeness (QED) is 0.489. The summed E-state index contributed by atoms with van der Waals surface area (Å²) in [5.74, 6) is 0.435. The molecule has 7 nitrogen and oxygen atoms in total. The minimum Gasteiger partial charge on any atom is -0.497 e. The first-order valence-corrected chi connectivity index (χ1v) is 9.13. The molecule has 2 aromatic carbocycles. The summed E-state index contributed by atoms with van der Waals surface area (Å²) in [6.07, 6.45) is 2.71. The number of ether oxygens (including phenoxy) is 4. The molecule has 0 aliphatic heterocycles. The van der Waals surface area contributed by atoms with E-state index in [1.165, 1.54) is 19.3 Å². The zero-order valence-electron chi connectivity index (χ0n) is 16.4. The second-order valence-corrected chi connectivity index (χ2v) is 6.09. The van der Waals surface area contributed by atoms with Gasteiger partial charge in [-0.3, -0.25) is 4.79 Å². The van der Waals surface area contributed by atoms with E-state index in [0.717, 1.165) is 0 Å². The molecule has 8 heteroatoms. The highest BCUT2D eigenvalue weighted by molar-refractivity contribution is 6.32. The Bertz CT molecular complexity index is 879. The van der Waals surface area contributed by atoms with Gasteiger partial charge in [0.1, 0.15) is 5.75 Å². The molecule has 1 amide bonds. The number of hydrogen-bond donors (Lipinski definition) is 1. The van der Waals surface area contributed by atoms with Crippen LogP contribution >= 0.6 is 11.6 Å². The van der Waals surface area contributed by atoms with Gasteiger partial charge >= 0.3 is 5.97 Å². The molecule has 0 radical (unpaired) electrons. The van der Waals surface area contributed by atoms with E-state index in [4.69, 9.17) is 30.5 Å². The van der Waals surface area contributed by atoms with Crippen molar-refractivity contribution in [3.8, 4) is 17.2 Å².